The first-order valence-electron chi connectivity index (χ1n) is 10.4. The lowest BCUT2D eigenvalue weighted by Crippen LogP contribution is -2.52. The molecule has 3 aromatic rings. The molecule has 0 N–H and O–H groups in total. The number of sulfone groups is 1. The standard InChI is InChI=1S/C24H16BrClF4O6S/c1-34-23(24(28,29)30,13-5-3-2-4-6-13)22(31)36-18-12-37(32,33)19-8-7-17(21(25)20(18)19)35-16-10-14(26)9-15(27)11-16/h2-11,18H,12H2,1H3/t18-,23?/m1/s1. The fourth-order valence-corrected chi connectivity index (χ4v) is 6.67. The Labute approximate surface area is 222 Å². The maximum atomic E-state index is 14.3. The number of fused-ring (bicyclic) bond motifs is 1. The van der Waals surface area contributed by atoms with Crippen LogP contribution in [0.2, 0.25) is 5.02 Å². The third-order valence-corrected chi connectivity index (χ3v) is 8.42. The number of hydrogen-bond donors (Lipinski definition) is 0. The summed E-state index contributed by atoms with van der Waals surface area (Å²) in [6.07, 6.45) is -6.89. The summed E-state index contributed by atoms with van der Waals surface area (Å²) < 4.78 is 97.6. The van der Waals surface area contributed by atoms with Crippen molar-refractivity contribution < 1.29 is 45.0 Å². The second-order valence-corrected chi connectivity index (χ2v) is 11.2. The van der Waals surface area contributed by atoms with Crippen molar-refractivity contribution in [2.24, 2.45) is 0 Å². The van der Waals surface area contributed by atoms with E-state index in [1.54, 1.807) is 0 Å². The van der Waals surface area contributed by atoms with Crippen molar-refractivity contribution in [3.8, 4) is 11.5 Å². The lowest BCUT2D eigenvalue weighted by atomic mass is 9.92. The molecular formula is C24H16BrClF4O6S. The highest BCUT2D eigenvalue weighted by molar-refractivity contribution is 9.10. The topological polar surface area (TPSA) is 78.9 Å². The SMILES string of the molecule is COC(C(=O)O[C@@H]1CS(=O)(=O)c2ccc(Oc3cc(F)cc(Cl)c3)c(Br)c21)(c1ccccc1)C(F)(F)F. The van der Waals surface area contributed by atoms with Crippen LogP contribution in [0.1, 0.15) is 17.2 Å². The van der Waals surface area contributed by atoms with Crippen LogP contribution in [0.25, 0.3) is 0 Å². The molecule has 0 amide bonds. The van der Waals surface area contributed by atoms with Gasteiger partial charge in [-0.1, -0.05) is 41.9 Å². The van der Waals surface area contributed by atoms with E-state index in [4.69, 9.17) is 25.8 Å². The first kappa shape index (κ1) is 27.4. The molecule has 6 nitrogen and oxygen atoms in total. The largest absolute Gasteiger partial charge is 0.456 e. The summed E-state index contributed by atoms with van der Waals surface area (Å²) in [6, 6.07) is 11.9. The fourth-order valence-electron chi connectivity index (χ4n) is 3.98. The number of carbonyl (C=O) groups excluding carboxylic acids is 1. The van der Waals surface area contributed by atoms with Gasteiger partial charge in [-0.05, 0) is 40.2 Å². The summed E-state index contributed by atoms with van der Waals surface area (Å²) in [7, 11) is -3.34. The van der Waals surface area contributed by atoms with Crippen LogP contribution in [0.3, 0.4) is 0 Å². The lowest BCUT2D eigenvalue weighted by Gasteiger charge is -2.33. The lowest BCUT2D eigenvalue weighted by molar-refractivity contribution is -0.278. The smallest absolute Gasteiger partial charge is 0.432 e. The third kappa shape index (κ3) is 4.95. The summed E-state index contributed by atoms with van der Waals surface area (Å²) in [5, 5.41) is 0.0330. The van der Waals surface area contributed by atoms with E-state index in [9.17, 15) is 30.8 Å². The minimum absolute atomic E-state index is 0.0148. The molecule has 0 bridgehead atoms. The zero-order valence-electron chi connectivity index (χ0n) is 18.7. The molecule has 1 aliphatic rings. The molecule has 1 aliphatic heterocycles. The first-order valence-corrected chi connectivity index (χ1v) is 13.2. The predicted octanol–water partition coefficient (Wildman–Crippen LogP) is 6.51. The average molecular weight is 624 g/mol. The van der Waals surface area contributed by atoms with Gasteiger partial charge in [0.1, 0.15) is 23.4 Å². The van der Waals surface area contributed by atoms with Gasteiger partial charge in [-0.2, -0.15) is 13.2 Å². The maximum absolute atomic E-state index is 14.3. The molecule has 0 saturated carbocycles. The minimum Gasteiger partial charge on any atom is -0.456 e. The van der Waals surface area contributed by atoms with Gasteiger partial charge in [0.2, 0.25) is 0 Å². The first-order chi connectivity index (χ1) is 17.3. The molecule has 0 aliphatic carbocycles. The average Bonchev–Trinajstić information content (AvgIpc) is 3.05. The molecule has 1 unspecified atom stereocenters. The Balaban J connectivity index is 1.76. The molecule has 196 valence electrons. The Morgan fingerprint density at radius 1 is 1.08 bits per heavy atom. The predicted molar refractivity (Wildman–Crippen MR) is 128 cm³/mol. The molecule has 13 heteroatoms. The minimum atomic E-state index is -5.25. The van der Waals surface area contributed by atoms with E-state index < -0.39 is 50.8 Å². The van der Waals surface area contributed by atoms with E-state index >= 15 is 0 Å². The maximum Gasteiger partial charge on any atom is 0.432 e. The van der Waals surface area contributed by atoms with Gasteiger partial charge in [0, 0.05) is 29.3 Å². The summed E-state index contributed by atoms with van der Waals surface area (Å²) in [5.74, 6) is -3.40. The van der Waals surface area contributed by atoms with Crippen LogP contribution >= 0.6 is 27.5 Å². The number of rotatable bonds is 6. The van der Waals surface area contributed by atoms with Gasteiger partial charge >= 0.3 is 12.1 Å². The number of halogens is 6. The zero-order valence-corrected chi connectivity index (χ0v) is 21.8. The molecule has 2 atom stereocenters. The van der Waals surface area contributed by atoms with Crippen LogP contribution in [-0.2, 0) is 29.7 Å². The summed E-state index contributed by atoms with van der Waals surface area (Å²) in [4.78, 5) is 12.9. The molecule has 3 aromatic carbocycles. The van der Waals surface area contributed by atoms with Gasteiger partial charge in [-0.3, -0.25) is 0 Å². The van der Waals surface area contributed by atoms with Crippen molar-refractivity contribution in [2.45, 2.75) is 22.8 Å². The Morgan fingerprint density at radius 2 is 1.76 bits per heavy atom. The Hall–Kier alpha value is -2.67. The highest BCUT2D eigenvalue weighted by Gasteiger charge is 2.64. The van der Waals surface area contributed by atoms with E-state index in [0.717, 1.165) is 30.3 Å². The quantitative estimate of drug-likeness (QED) is 0.230. The van der Waals surface area contributed by atoms with Crippen LogP contribution in [-0.4, -0.2) is 33.4 Å². The van der Waals surface area contributed by atoms with Gasteiger partial charge < -0.3 is 14.2 Å². The van der Waals surface area contributed by atoms with Gasteiger partial charge in [0.05, 0.1) is 15.1 Å². The van der Waals surface area contributed by atoms with E-state index in [-0.39, 0.29) is 31.5 Å². The van der Waals surface area contributed by atoms with E-state index in [0.29, 0.717) is 7.11 Å². The second-order valence-electron chi connectivity index (χ2n) is 7.92. The molecule has 0 saturated heterocycles. The summed E-state index contributed by atoms with van der Waals surface area (Å²) >= 11 is 9.04. The number of hydrogen-bond acceptors (Lipinski definition) is 6. The Bertz CT molecular complexity index is 1450. The molecule has 37 heavy (non-hydrogen) atoms. The van der Waals surface area contributed by atoms with Gasteiger partial charge in [0.25, 0.3) is 5.60 Å². The highest BCUT2D eigenvalue weighted by atomic mass is 79.9. The number of benzene rings is 3. The molecule has 0 radical (unpaired) electrons. The number of alkyl halides is 3. The van der Waals surface area contributed by atoms with Crippen molar-refractivity contribution >= 4 is 43.3 Å². The fraction of sp³-hybridized carbons (Fsp3) is 0.208. The third-order valence-electron chi connectivity index (χ3n) is 5.62. The molecule has 0 spiro atoms. The molecule has 0 fully saturated rings. The molecular weight excluding hydrogens is 608 g/mol. The normalized spacial score (nSPS) is 18.1. The summed E-state index contributed by atoms with van der Waals surface area (Å²) in [5.41, 5.74) is -4.19. The Kier molecular flexibility index (Phi) is 7.32. The van der Waals surface area contributed by atoms with Crippen LogP contribution in [0, 0.1) is 5.82 Å². The van der Waals surface area contributed by atoms with Crippen molar-refractivity contribution in [3.63, 3.8) is 0 Å². The zero-order chi connectivity index (χ0) is 27.2. The van der Waals surface area contributed by atoms with Gasteiger partial charge in [-0.15, -0.1) is 0 Å². The number of esters is 1. The van der Waals surface area contributed by atoms with Crippen molar-refractivity contribution in [1.82, 2.24) is 0 Å². The van der Waals surface area contributed by atoms with E-state index in [1.807, 2.05) is 0 Å². The van der Waals surface area contributed by atoms with Crippen molar-refractivity contribution in [2.75, 3.05) is 12.9 Å². The van der Waals surface area contributed by atoms with E-state index in [1.165, 1.54) is 30.3 Å². The van der Waals surface area contributed by atoms with Crippen LogP contribution < -0.4 is 4.74 Å². The molecule has 1 heterocycles. The van der Waals surface area contributed by atoms with Crippen LogP contribution in [0.4, 0.5) is 17.6 Å². The number of ether oxygens (including phenoxy) is 3. The van der Waals surface area contributed by atoms with Gasteiger partial charge in [-0.25, -0.2) is 17.6 Å². The Morgan fingerprint density at radius 3 is 2.35 bits per heavy atom. The van der Waals surface area contributed by atoms with E-state index in [2.05, 4.69) is 15.9 Å². The van der Waals surface area contributed by atoms with Crippen LogP contribution in [0.15, 0.2) is 70.0 Å². The summed E-state index contributed by atoms with van der Waals surface area (Å²) in [6.45, 7) is 0. The molecule has 0 aromatic heterocycles. The molecule has 4 rings (SSSR count). The monoisotopic (exact) mass is 622 g/mol. The second kappa shape index (κ2) is 9.90. The number of methoxy groups -OCH3 is 1. The van der Waals surface area contributed by atoms with Crippen molar-refractivity contribution in [1.29, 1.82) is 0 Å². The van der Waals surface area contributed by atoms with Crippen molar-refractivity contribution in [3.05, 3.63) is 87.1 Å². The van der Waals surface area contributed by atoms with Gasteiger partial charge in [0.15, 0.2) is 9.84 Å². The highest BCUT2D eigenvalue weighted by Crippen LogP contribution is 2.48. The number of carbonyl (C=O) groups is 1. The van der Waals surface area contributed by atoms with Crippen LogP contribution in [0.5, 0.6) is 11.5 Å².